The molecule has 0 bridgehead atoms. The first-order valence-electron chi connectivity index (χ1n) is 10.4. The molecule has 4 aromatic rings. The summed E-state index contributed by atoms with van der Waals surface area (Å²) < 4.78 is 7.52. The molecule has 160 valence electrons. The molecule has 0 aliphatic rings. The number of anilines is 1. The number of aromatic nitrogens is 2. The third-order valence-electron chi connectivity index (χ3n) is 5.47. The van der Waals surface area contributed by atoms with Crippen molar-refractivity contribution in [2.45, 2.75) is 27.0 Å². The number of aryl methyl sites for hydroxylation is 1. The second kappa shape index (κ2) is 9.46. The van der Waals surface area contributed by atoms with E-state index in [2.05, 4.69) is 75.5 Å². The molecule has 0 amide bonds. The molecule has 6 nitrogen and oxygen atoms in total. The molecule has 2 aromatic heterocycles. The Kier molecular flexibility index (Phi) is 6.29. The minimum atomic E-state index is 0.344. The molecule has 0 spiro atoms. The van der Waals surface area contributed by atoms with Crippen LogP contribution in [0.25, 0.3) is 10.9 Å². The van der Waals surface area contributed by atoms with Gasteiger partial charge in [0.25, 0.3) is 0 Å². The Morgan fingerprint density at radius 3 is 2.62 bits per heavy atom. The summed E-state index contributed by atoms with van der Waals surface area (Å²) in [6, 6.07) is 22.8. The van der Waals surface area contributed by atoms with Crippen molar-refractivity contribution in [3.63, 3.8) is 0 Å². The van der Waals surface area contributed by atoms with E-state index in [1.807, 2.05) is 25.1 Å². The number of rotatable bonds is 7. The molecular formula is C26H25N5O. The molecule has 32 heavy (non-hydrogen) atoms. The zero-order valence-electron chi connectivity index (χ0n) is 18.5. The minimum absolute atomic E-state index is 0.344. The van der Waals surface area contributed by atoms with Crippen LogP contribution in [0.15, 0.2) is 65.8 Å². The molecule has 2 aromatic carbocycles. The van der Waals surface area contributed by atoms with Gasteiger partial charge >= 0.3 is 0 Å². The number of nitrogens with zero attached hydrogens (tertiary/aromatic N) is 4. The molecule has 0 atom stereocenters. The van der Waals surface area contributed by atoms with Crippen molar-refractivity contribution < 1.29 is 4.74 Å². The number of benzene rings is 2. The summed E-state index contributed by atoms with van der Waals surface area (Å²) in [7, 11) is 1.61. The van der Waals surface area contributed by atoms with Crippen molar-refractivity contribution in [2.24, 2.45) is 5.10 Å². The SMILES string of the molecule is COCc1cc(C)nc(NN=Cc2c(C)n(Cc3ccccc3)c3ccccc23)c1C#N. The number of nitriles is 1. The smallest absolute Gasteiger partial charge is 0.164 e. The van der Waals surface area contributed by atoms with Crippen LogP contribution in [0.5, 0.6) is 0 Å². The average Bonchev–Trinajstić information content (AvgIpc) is 3.06. The van der Waals surface area contributed by atoms with E-state index >= 15 is 0 Å². The molecule has 0 aliphatic heterocycles. The third-order valence-corrected chi connectivity index (χ3v) is 5.47. The van der Waals surface area contributed by atoms with Crippen LogP contribution in [0.4, 0.5) is 5.82 Å². The highest BCUT2D eigenvalue weighted by atomic mass is 16.5. The molecule has 0 fully saturated rings. The number of hydrazone groups is 1. The molecule has 6 heteroatoms. The molecular weight excluding hydrogens is 398 g/mol. The topological polar surface area (TPSA) is 75.2 Å². The Bertz CT molecular complexity index is 1320. The number of ether oxygens (including phenoxy) is 1. The first-order valence-corrected chi connectivity index (χ1v) is 10.4. The fourth-order valence-electron chi connectivity index (χ4n) is 3.96. The predicted octanol–water partition coefficient (Wildman–Crippen LogP) is 5.17. The van der Waals surface area contributed by atoms with E-state index in [0.29, 0.717) is 18.0 Å². The molecule has 0 saturated heterocycles. The Hall–Kier alpha value is -3.95. The Morgan fingerprint density at radius 2 is 1.88 bits per heavy atom. The van der Waals surface area contributed by atoms with Crippen LogP contribution in [0, 0.1) is 25.2 Å². The second-order valence-electron chi connectivity index (χ2n) is 7.65. The Morgan fingerprint density at radius 1 is 1.12 bits per heavy atom. The lowest BCUT2D eigenvalue weighted by atomic mass is 10.1. The van der Waals surface area contributed by atoms with E-state index in [1.165, 1.54) is 5.56 Å². The van der Waals surface area contributed by atoms with Crippen LogP contribution >= 0.6 is 0 Å². The lowest BCUT2D eigenvalue weighted by Crippen LogP contribution is -2.04. The van der Waals surface area contributed by atoms with E-state index in [9.17, 15) is 5.26 Å². The van der Waals surface area contributed by atoms with E-state index in [1.54, 1.807) is 13.3 Å². The normalized spacial score (nSPS) is 11.2. The van der Waals surface area contributed by atoms with Gasteiger partial charge in [-0.2, -0.15) is 10.4 Å². The van der Waals surface area contributed by atoms with Gasteiger partial charge in [-0.25, -0.2) is 4.98 Å². The summed E-state index contributed by atoms with van der Waals surface area (Å²) >= 11 is 0. The zero-order chi connectivity index (χ0) is 22.5. The number of pyridine rings is 1. The number of fused-ring (bicyclic) bond motifs is 1. The highest BCUT2D eigenvalue weighted by Gasteiger charge is 2.14. The summed E-state index contributed by atoms with van der Waals surface area (Å²) in [6.45, 7) is 5.12. The van der Waals surface area contributed by atoms with E-state index in [-0.39, 0.29) is 0 Å². The van der Waals surface area contributed by atoms with Crippen LogP contribution in [0.2, 0.25) is 0 Å². The first kappa shape index (κ1) is 21.3. The summed E-state index contributed by atoms with van der Waals surface area (Å²) in [5.74, 6) is 0.432. The Balaban J connectivity index is 1.69. The van der Waals surface area contributed by atoms with Crippen LogP contribution in [0.1, 0.15) is 33.6 Å². The van der Waals surface area contributed by atoms with Crippen LogP contribution in [0.3, 0.4) is 0 Å². The van der Waals surface area contributed by atoms with Gasteiger partial charge in [0.05, 0.1) is 12.8 Å². The van der Waals surface area contributed by atoms with Crippen molar-refractivity contribution in [3.05, 3.63) is 94.3 Å². The summed E-state index contributed by atoms with van der Waals surface area (Å²) in [4.78, 5) is 4.46. The van der Waals surface area contributed by atoms with Gasteiger partial charge in [0.15, 0.2) is 5.82 Å². The fourth-order valence-corrected chi connectivity index (χ4v) is 3.96. The Labute approximate surface area is 187 Å². The van der Waals surface area contributed by atoms with E-state index in [0.717, 1.165) is 40.0 Å². The highest BCUT2D eigenvalue weighted by Crippen LogP contribution is 2.26. The summed E-state index contributed by atoms with van der Waals surface area (Å²) in [5.41, 5.74) is 9.56. The van der Waals surface area contributed by atoms with Crippen molar-refractivity contribution in [1.29, 1.82) is 5.26 Å². The number of para-hydroxylation sites is 1. The van der Waals surface area contributed by atoms with Gasteiger partial charge in [0.2, 0.25) is 0 Å². The molecule has 4 rings (SSSR count). The zero-order valence-corrected chi connectivity index (χ0v) is 18.5. The van der Waals surface area contributed by atoms with Gasteiger partial charge in [0.1, 0.15) is 11.6 Å². The molecule has 2 heterocycles. The van der Waals surface area contributed by atoms with Gasteiger partial charge in [0, 0.05) is 47.1 Å². The largest absolute Gasteiger partial charge is 0.380 e. The quantitative estimate of drug-likeness (QED) is 0.329. The third kappa shape index (κ3) is 4.25. The number of nitrogens with one attached hydrogen (secondary N) is 1. The van der Waals surface area contributed by atoms with Crippen molar-refractivity contribution in [3.8, 4) is 6.07 Å². The van der Waals surface area contributed by atoms with Crippen molar-refractivity contribution in [1.82, 2.24) is 9.55 Å². The summed E-state index contributed by atoms with van der Waals surface area (Å²) in [6.07, 6.45) is 1.81. The maximum absolute atomic E-state index is 9.62. The van der Waals surface area contributed by atoms with E-state index < -0.39 is 0 Å². The number of hydrogen-bond acceptors (Lipinski definition) is 5. The fraction of sp³-hybridized carbons (Fsp3) is 0.192. The van der Waals surface area contributed by atoms with Crippen LogP contribution in [-0.2, 0) is 17.9 Å². The number of hydrogen-bond donors (Lipinski definition) is 1. The second-order valence-corrected chi connectivity index (χ2v) is 7.65. The molecule has 1 N–H and O–H groups in total. The van der Waals surface area contributed by atoms with Gasteiger partial charge in [-0.15, -0.1) is 0 Å². The van der Waals surface area contributed by atoms with Gasteiger partial charge < -0.3 is 9.30 Å². The van der Waals surface area contributed by atoms with Crippen molar-refractivity contribution >= 4 is 22.9 Å². The first-order chi connectivity index (χ1) is 15.6. The molecule has 0 unspecified atom stereocenters. The van der Waals surface area contributed by atoms with Gasteiger partial charge in [-0.05, 0) is 31.5 Å². The maximum Gasteiger partial charge on any atom is 0.164 e. The van der Waals surface area contributed by atoms with Crippen LogP contribution in [-0.4, -0.2) is 22.9 Å². The van der Waals surface area contributed by atoms with Crippen molar-refractivity contribution in [2.75, 3.05) is 12.5 Å². The van der Waals surface area contributed by atoms with Crippen LogP contribution < -0.4 is 5.43 Å². The van der Waals surface area contributed by atoms with Gasteiger partial charge in [-0.1, -0.05) is 48.5 Å². The molecule has 0 aliphatic carbocycles. The minimum Gasteiger partial charge on any atom is -0.380 e. The predicted molar refractivity (Wildman–Crippen MR) is 128 cm³/mol. The average molecular weight is 424 g/mol. The molecule has 0 saturated carbocycles. The molecule has 0 radical (unpaired) electrons. The monoisotopic (exact) mass is 423 g/mol. The number of methoxy groups -OCH3 is 1. The van der Waals surface area contributed by atoms with Gasteiger partial charge in [-0.3, -0.25) is 5.43 Å². The standard InChI is InChI=1S/C26H25N5O/c1-18-13-21(17-32-3)23(14-27)26(29-18)30-28-15-24-19(2)31(16-20-9-5-4-6-10-20)25-12-8-7-11-22(24)25/h4-13,15H,16-17H2,1-3H3,(H,29,30). The lowest BCUT2D eigenvalue weighted by molar-refractivity contribution is 0.184. The summed E-state index contributed by atoms with van der Waals surface area (Å²) in [5, 5.41) is 15.2. The maximum atomic E-state index is 9.62. The van der Waals surface area contributed by atoms with E-state index in [4.69, 9.17) is 4.74 Å². The highest BCUT2D eigenvalue weighted by molar-refractivity contribution is 6.01. The lowest BCUT2D eigenvalue weighted by Gasteiger charge is -2.09.